The fourth-order valence-electron chi connectivity index (χ4n) is 2.45. The standard InChI is InChI=1S/C21H21NO4S/c1-22(2)12-13-25-19(23)16-8-10-17(11-9-16)21-26-20(24)18(27-21)14-15-6-4-3-5-7-15/h3-11,14,21H,12-13H2,1-2H3. The zero-order valence-corrected chi connectivity index (χ0v) is 16.1. The summed E-state index contributed by atoms with van der Waals surface area (Å²) in [7, 11) is 3.84. The maximum Gasteiger partial charge on any atom is 0.346 e. The average molecular weight is 383 g/mol. The molecule has 140 valence electrons. The summed E-state index contributed by atoms with van der Waals surface area (Å²) in [5.41, 5.74) is 1.85. The summed E-state index contributed by atoms with van der Waals surface area (Å²) >= 11 is 1.37. The molecule has 27 heavy (non-hydrogen) atoms. The second kappa shape index (κ2) is 8.88. The van der Waals surface area contributed by atoms with Gasteiger partial charge in [-0.1, -0.05) is 54.2 Å². The number of cyclic esters (lactones) is 1. The van der Waals surface area contributed by atoms with Crippen LogP contribution in [0.1, 0.15) is 26.9 Å². The van der Waals surface area contributed by atoms with E-state index in [9.17, 15) is 9.59 Å². The van der Waals surface area contributed by atoms with Gasteiger partial charge in [-0.25, -0.2) is 9.59 Å². The smallest absolute Gasteiger partial charge is 0.346 e. The second-order valence-electron chi connectivity index (χ2n) is 6.34. The van der Waals surface area contributed by atoms with Gasteiger partial charge in [0, 0.05) is 12.1 Å². The first kappa shape index (κ1) is 19.2. The molecule has 0 amide bonds. The van der Waals surface area contributed by atoms with Gasteiger partial charge in [-0.2, -0.15) is 0 Å². The molecule has 0 saturated carbocycles. The summed E-state index contributed by atoms with van der Waals surface area (Å²) in [6, 6.07) is 16.6. The van der Waals surface area contributed by atoms with E-state index < -0.39 is 5.44 Å². The Labute approximate surface area is 163 Å². The average Bonchev–Trinajstić information content (AvgIpc) is 3.03. The van der Waals surface area contributed by atoms with Gasteiger partial charge in [0.05, 0.1) is 10.5 Å². The third-order valence-electron chi connectivity index (χ3n) is 3.94. The number of carbonyl (C=O) groups is 2. The molecule has 1 heterocycles. The van der Waals surface area contributed by atoms with Gasteiger partial charge in [-0.05, 0) is 37.9 Å². The van der Waals surface area contributed by atoms with E-state index in [1.165, 1.54) is 11.8 Å². The Bertz CT molecular complexity index is 831. The highest BCUT2D eigenvalue weighted by Crippen LogP contribution is 2.43. The molecule has 1 unspecified atom stereocenters. The van der Waals surface area contributed by atoms with Crippen molar-refractivity contribution < 1.29 is 19.1 Å². The number of nitrogens with zero attached hydrogens (tertiary/aromatic N) is 1. The number of benzene rings is 2. The molecule has 2 aromatic carbocycles. The van der Waals surface area contributed by atoms with E-state index in [4.69, 9.17) is 9.47 Å². The van der Waals surface area contributed by atoms with Crippen LogP contribution in [-0.2, 0) is 14.3 Å². The fraction of sp³-hybridized carbons (Fsp3) is 0.238. The fourth-order valence-corrected chi connectivity index (χ4v) is 3.46. The molecule has 0 radical (unpaired) electrons. The zero-order chi connectivity index (χ0) is 19.2. The molecule has 0 spiro atoms. The molecule has 3 rings (SSSR count). The van der Waals surface area contributed by atoms with Crippen molar-refractivity contribution in [3.63, 3.8) is 0 Å². The molecule has 5 nitrogen and oxygen atoms in total. The van der Waals surface area contributed by atoms with Crippen LogP contribution < -0.4 is 0 Å². The monoisotopic (exact) mass is 383 g/mol. The van der Waals surface area contributed by atoms with E-state index in [1.54, 1.807) is 24.3 Å². The molecule has 6 heteroatoms. The lowest BCUT2D eigenvalue weighted by Crippen LogP contribution is -2.20. The summed E-state index contributed by atoms with van der Waals surface area (Å²) in [6.45, 7) is 1.02. The van der Waals surface area contributed by atoms with Crippen LogP contribution in [0.5, 0.6) is 0 Å². The van der Waals surface area contributed by atoms with E-state index in [1.807, 2.05) is 55.4 Å². The molecular formula is C21H21NO4S. The predicted molar refractivity (Wildman–Crippen MR) is 106 cm³/mol. The number of esters is 2. The predicted octanol–water partition coefficient (Wildman–Crippen LogP) is 3.73. The van der Waals surface area contributed by atoms with Crippen molar-refractivity contribution in [1.82, 2.24) is 4.90 Å². The van der Waals surface area contributed by atoms with Gasteiger partial charge < -0.3 is 14.4 Å². The quantitative estimate of drug-likeness (QED) is 0.560. The van der Waals surface area contributed by atoms with Crippen LogP contribution in [0, 0.1) is 0 Å². The van der Waals surface area contributed by atoms with Crippen molar-refractivity contribution in [2.75, 3.05) is 27.2 Å². The Morgan fingerprint density at radius 1 is 1.15 bits per heavy atom. The summed E-state index contributed by atoms with van der Waals surface area (Å²) in [5, 5.41) is 0. The topological polar surface area (TPSA) is 55.8 Å². The third kappa shape index (κ3) is 5.21. The Kier molecular flexibility index (Phi) is 6.32. The Morgan fingerprint density at radius 2 is 1.85 bits per heavy atom. The maximum absolute atomic E-state index is 12.1. The van der Waals surface area contributed by atoms with Crippen molar-refractivity contribution in [3.8, 4) is 0 Å². The summed E-state index contributed by atoms with van der Waals surface area (Å²) in [4.78, 5) is 26.7. The Hall–Kier alpha value is -2.57. The summed E-state index contributed by atoms with van der Waals surface area (Å²) < 4.78 is 10.7. The van der Waals surface area contributed by atoms with E-state index in [0.29, 0.717) is 23.6 Å². The van der Waals surface area contributed by atoms with Crippen molar-refractivity contribution in [2.24, 2.45) is 0 Å². The highest BCUT2D eigenvalue weighted by atomic mass is 32.2. The number of thioether (sulfide) groups is 1. The SMILES string of the molecule is CN(C)CCOC(=O)c1ccc(C2OC(=O)C(=Cc3ccccc3)S2)cc1. The number of carbonyl (C=O) groups excluding carboxylic acids is 2. The number of ether oxygens (including phenoxy) is 2. The number of rotatable bonds is 6. The maximum atomic E-state index is 12.1. The van der Waals surface area contributed by atoms with Gasteiger partial charge >= 0.3 is 11.9 Å². The molecule has 0 N–H and O–H groups in total. The third-order valence-corrected chi connectivity index (χ3v) is 5.06. The highest BCUT2D eigenvalue weighted by molar-refractivity contribution is 8.04. The van der Waals surface area contributed by atoms with Gasteiger partial charge in [0.1, 0.15) is 6.61 Å². The van der Waals surface area contributed by atoms with Crippen molar-refractivity contribution in [3.05, 3.63) is 76.2 Å². The largest absolute Gasteiger partial charge is 0.461 e. The van der Waals surface area contributed by atoms with Crippen LogP contribution in [0.3, 0.4) is 0 Å². The van der Waals surface area contributed by atoms with Gasteiger partial charge in [0.25, 0.3) is 0 Å². The molecule has 1 aliphatic rings. The molecular weight excluding hydrogens is 362 g/mol. The number of likely N-dealkylation sites (N-methyl/N-ethyl adjacent to an activating group) is 1. The van der Waals surface area contributed by atoms with Crippen molar-refractivity contribution in [1.29, 1.82) is 0 Å². The Morgan fingerprint density at radius 3 is 2.52 bits per heavy atom. The van der Waals surface area contributed by atoms with Crippen molar-refractivity contribution in [2.45, 2.75) is 5.44 Å². The minimum absolute atomic E-state index is 0.332. The van der Waals surface area contributed by atoms with Gasteiger partial charge in [-0.3, -0.25) is 0 Å². The first-order chi connectivity index (χ1) is 13.0. The summed E-state index contributed by atoms with van der Waals surface area (Å²) in [6.07, 6.45) is 1.82. The molecule has 0 aromatic heterocycles. The lowest BCUT2D eigenvalue weighted by Gasteiger charge is -2.11. The molecule has 1 fully saturated rings. The first-order valence-electron chi connectivity index (χ1n) is 8.59. The molecule has 2 aromatic rings. The van der Waals surface area contributed by atoms with Crippen LogP contribution in [0.15, 0.2) is 59.5 Å². The van der Waals surface area contributed by atoms with E-state index in [2.05, 4.69) is 0 Å². The molecule has 0 bridgehead atoms. The molecule has 1 aliphatic heterocycles. The van der Waals surface area contributed by atoms with Crippen LogP contribution in [0.2, 0.25) is 0 Å². The first-order valence-corrected chi connectivity index (χ1v) is 9.47. The lowest BCUT2D eigenvalue weighted by molar-refractivity contribution is -0.138. The second-order valence-corrected chi connectivity index (χ2v) is 7.44. The number of hydrogen-bond acceptors (Lipinski definition) is 6. The number of hydrogen-bond donors (Lipinski definition) is 0. The summed E-state index contributed by atoms with van der Waals surface area (Å²) in [5.74, 6) is -0.690. The zero-order valence-electron chi connectivity index (χ0n) is 15.3. The van der Waals surface area contributed by atoms with Crippen LogP contribution in [0.4, 0.5) is 0 Å². The van der Waals surface area contributed by atoms with E-state index in [-0.39, 0.29) is 11.9 Å². The van der Waals surface area contributed by atoms with Crippen LogP contribution in [-0.4, -0.2) is 44.1 Å². The molecule has 1 saturated heterocycles. The minimum Gasteiger partial charge on any atom is -0.461 e. The molecule has 0 aliphatic carbocycles. The van der Waals surface area contributed by atoms with Gasteiger partial charge in [0.15, 0.2) is 5.44 Å². The van der Waals surface area contributed by atoms with Gasteiger partial charge in [-0.15, -0.1) is 0 Å². The normalized spacial score (nSPS) is 18.0. The van der Waals surface area contributed by atoms with Crippen molar-refractivity contribution >= 4 is 29.8 Å². The van der Waals surface area contributed by atoms with Gasteiger partial charge in [0.2, 0.25) is 0 Å². The van der Waals surface area contributed by atoms with E-state index >= 15 is 0 Å². The van der Waals surface area contributed by atoms with E-state index in [0.717, 1.165) is 11.1 Å². The highest BCUT2D eigenvalue weighted by Gasteiger charge is 2.31. The molecule has 1 atom stereocenters. The minimum atomic E-state index is -0.411. The van der Waals surface area contributed by atoms with Crippen LogP contribution >= 0.6 is 11.8 Å². The lowest BCUT2D eigenvalue weighted by atomic mass is 10.1. The van der Waals surface area contributed by atoms with Crippen LogP contribution in [0.25, 0.3) is 6.08 Å². The Balaban J connectivity index is 1.63.